The van der Waals surface area contributed by atoms with Crippen LogP contribution in [0, 0.1) is 0 Å². The van der Waals surface area contributed by atoms with E-state index in [4.69, 9.17) is 0 Å². The molecule has 0 unspecified atom stereocenters. The maximum atomic E-state index is 11.6. The molecule has 82 valence electrons. The molecule has 0 aromatic carbocycles. The van der Waals surface area contributed by atoms with Gasteiger partial charge in [-0.05, 0) is 12.8 Å². The van der Waals surface area contributed by atoms with Gasteiger partial charge in [-0.2, -0.15) is 4.37 Å². The van der Waals surface area contributed by atoms with E-state index in [2.05, 4.69) is 14.7 Å². The number of nitrogens with zero attached hydrogens (tertiary/aromatic N) is 3. The van der Waals surface area contributed by atoms with Gasteiger partial charge in [-0.25, -0.2) is 4.98 Å². The molecule has 1 saturated heterocycles. The Labute approximate surface area is 92.7 Å². The molecule has 6 heteroatoms. The average Bonchev–Trinajstić information content (AvgIpc) is 2.90. The van der Waals surface area contributed by atoms with Gasteiger partial charge in [0.15, 0.2) is 0 Å². The van der Waals surface area contributed by atoms with Crippen molar-refractivity contribution >= 4 is 22.6 Å². The predicted molar refractivity (Wildman–Crippen MR) is 58.8 cm³/mol. The summed E-state index contributed by atoms with van der Waals surface area (Å²) in [4.78, 5) is 17.5. The standard InChI is InChI=1S/C9H14N4OS/c14-8(13-5-1-2-6-13)3-4-10-9-11-7-12-15-9/h7H,1-6H2,(H,10,11,12). The lowest BCUT2D eigenvalue weighted by atomic mass is 10.3. The Morgan fingerprint density at radius 2 is 2.33 bits per heavy atom. The van der Waals surface area contributed by atoms with Crippen molar-refractivity contribution in [3.63, 3.8) is 0 Å². The number of aromatic nitrogens is 2. The monoisotopic (exact) mass is 226 g/mol. The molecule has 1 amide bonds. The number of nitrogens with one attached hydrogen (secondary N) is 1. The van der Waals surface area contributed by atoms with Gasteiger partial charge < -0.3 is 10.2 Å². The minimum absolute atomic E-state index is 0.240. The zero-order valence-corrected chi connectivity index (χ0v) is 9.29. The molecule has 0 bridgehead atoms. The number of hydrogen-bond acceptors (Lipinski definition) is 5. The largest absolute Gasteiger partial charge is 0.360 e. The summed E-state index contributed by atoms with van der Waals surface area (Å²) in [5, 5.41) is 3.86. The molecule has 5 nitrogen and oxygen atoms in total. The lowest BCUT2D eigenvalue weighted by Crippen LogP contribution is -2.29. The Morgan fingerprint density at radius 1 is 1.53 bits per heavy atom. The highest BCUT2D eigenvalue weighted by molar-refractivity contribution is 7.09. The van der Waals surface area contributed by atoms with Crippen LogP contribution >= 0.6 is 11.5 Å². The minimum atomic E-state index is 0.240. The number of amides is 1. The molecule has 1 aromatic heterocycles. The molecule has 0 aliphatic carbocycles. The van der Waals surface area contributed by atoms with Gasteiger partial charge >= 0.3 is 0 Å². The summed E-state index contributed by atoms with van der Waals surface area (Å²) in [5.74, 6) is 0.240. The van der Waals surface area contributed by atoms with Crippen molar-refractivity contribution in [1.29, 1.82) is 0 Å². The number of carbonyl (C=O) groups excluding carboxylic acids is 1. The van der Waals surface area contributed by atoms with Gasteiger partial charge in [0.1, 0.15) is 6.33 Å². The van der Waals surface area contributed by atoms with Crippen molar-refractivity contribution in [3.8, 4) is 0 Å². The van der Waals surface area contributed by atoms with E-state index >= 15 is 0 Å². The summed E-state index contributed by atoms with van der Waals surface area (Å²) < 4.78 is 3.87. The topological polar surface area (TPSA) is 58.1 Å². The molecule has 0 saturated carbocycles. The zero-order chi connectivity index (χ0) is 10.5. The molecule has 1 fully saturated rings. The van der Waals surface area contributed by atoms with Gasteiger partial charge in [-0.1, -0.05) is 0 Å². The van der Waals surface area contributed by atoms with Gasteiger partial charge in [-0.15, -0.1) is 0 Å². The van der Waals surface area contributed by atoms with Gasteiger partial charge in [0.25, 0.3) is 0 Å². The highest BCUT2D eigenvalue weighted by atomic mass is 32.1. The van der Waals surface area contributed by atoms with Crippen LogP contribution in [0.5, 0.6) is 0 Å². The second kappa shape index (κ2) is 5.06. The third-order valence-electron chi connectivity index (χ3n) is 2.44. The third kappa shape index (κ3) is 2.89. The number of anilines is 1. The van der Waals surface area contributed by atoms with E-state index in [1.807, 2.05) is 4.90 Å². The first kappa shape index (κ1) is 10.4. The molecule has 15 heavy (non-hydrogen) atoms. The van der Waals surface area contributed by atoms with Crippen LogP contribution in [0.4, 0.5) is 5.13 Å². The van der Waals surface area contributed by atoms with Crippen LogP contribution in [0.15, 0.2) is 6.33 Å². The molecule has 0 spiro atoms. The second-order valence-corrected chi connectivity index (χ2v) is 4.29. The summed E-state index contributed by atoms with van der Waals surface area (Å²) in [5.41, 5.74) is 0. The smallest absolute Gasteiger partial charge is 0.224 e. The number of carbonyl (C=O) groups is 1. The first-order valence-corrected chi connectivity index (χ1v) is 5.92. The van der Waals surface area contributed by atoms with E-state index < -0.39 is 0 Å². The summed E-state index contributed by atoms with van der Waals surface area (Å²) in [6.07, 6.45) is 4.35. The van der Waals surface area contributed by atoms with E-state index in [9.17, 15) is 4.79 Å². The van der Waals surface area contributed by atoms with Gasteiger partial charge in [0, 0.05) is 37.6 Å². The highest BCUT2D eigenvalue weighted by Crippen LogP contribution is 2.10. The lowest BCUT2D eigenvalue weighted by molar-refractivity contribution is -0.129. The third-order valence-corrected chi connectivity index (χ3v) is 3.06. The molecule has 0 radical (unpaired) electrons. The van der Waals surface area contributed by atoms with Crippen molar-refractivity contribution in [2.75, 3.05) is 25.0 Å². The first-order valence-electron chi connectivity index (χ1n) is 5.14. The van der Waals surface area contributed by atoms with Crippen molar-refractivity contribution in [2.45, 2.75) is 19.3 Å². The van der Waals surface area contributed by atoms with Crippen LogP contribution in [-0.2, 0) is 4.79 Å². The van der Waals surface area contributed by atoms with Crippen LogP contribution in [0.25, 0.3) is 0 Å². The number of hydrogen-bond donors (Lipinski definition) is 1. The second-order valence-electron chi connectivity index (χ2n) is 3.51. The SMILES string of the molecule is O=C(CCNc1ncns1)N1CCCC1. The molecule has 2 rings (SSSR count). The van der Waals surface area contributed by atoms with E-state index in [1.54, 1.807) is 0 Å². The number of likely N-dealkylation sites (tertiary alicyclic amines) is 1. The van der Waals surface area contributed by atoms with Crippen molar-refractivity contribution in [2.24, 2.45) is 0 Å². The van der Waals surface area contributed by atoms with E-state index in [-0.39, 0.29) is 5.91 Å². The fourth-order valence-corrected chi connectivity index (χ4v) is 2.11. The van der Waals surface area contributed by atoms with Gasteiger partial charge in [0.05, 0.1) is 0 Å². The molecular formula is C9H14N4OS. The fraction of sp³-hybridized carbons (Fsp3) is 0.667. The van der Waals surface area contributed by atoms with Crippen molar-refractivity contribution in [3.05, 3.63) is 6.33 Å². The molecule has 1 aliphatic rings. The summed E-state index contributed by atoms with van der Waals surface area (Å²) in [6, 6.07) is 0. The Hall–Kier alpha value is -1.17. The quantitative estimate of drug-likeness (QED) is 0.831. The average molecular weight is 226 g/mol. The molecule has 2 heterocycles. The maximum Gasteiger partial charge on any atom is 0.224 e. The Morgan fingerprint density at radius 3 is 3.00 bits per heavy atom. The summed E-state index contributed by atoms with van der Waals surface area (Å²) >= 11 is 1.31. The van der Waals surface area contributed by atoms with Crippen molar-refractivity contribution in [1.82, 2.24) is 14.3 Å². The normalized spacial score (nSPS) is 15.6. The molecular weight excluding hydrogens is 212 g/mol. The Bertz CT molecular complexity index is 308. The minimum Gasteiger partial charge on any atom is -0.360 e. The molecule has 1 aliphatic heterocycles. The summed E-state index contributed by atoms with van der Waals surface area (Å²) in [6.45, 7) is 2.50. The van der Waals surface area contributed by atoms with E-state index in [0.29, 0.717) is 13.0 Å². The fourth-order valence-electron chi connectivity index (χ4n) is 1.65. The lowest BCUT2D eigenvalue weighted by Gasteiger charge is -2.14. The van der Waals surface area contributed by atoms with Gasteiger partial charge in [0.2, 0.25) is 11.0 Å². The van der Waals surface area contributed by atoms with E-state index in [0.717, 1.165) is 31.1 Å². The molecule has 1 N–H and O–H groups in total. The molecule has 1 aromatic rings. The van der Waals surface area contributed by atoms with Gasteiger partial charge in [-0.3, -0.25) is 4.79 Å². The zero-order valence-electron chi connectivity index (χ0n) is 8.48. The summed E-state index contributed by atoms with van der Waals surface area (Å²) in [7, 11) is 0. The molecule has 0 atom stereocenters. The van der Waals surface area contributed by atoms with E-state index in [1.165, 1.54) is 17.9 Å². The van der Waals surface area contributed by atoms with Crippen LogP contribution in [0.1, 0.15) is 19.3 Å². The Kier molecular flexibility index (Phi) is 3.49. The predicted octanol–water partition coefficient (Wildman–Crippen LogP) is 0.962. The highest BCUT2D eigenvalue weighted by Gasteiger charge is 2.16. The van der Waals surface area contributed by atoms with Crippen LogP contribution in [0.2, 0.25) is 0 Å². The van der Waals surface area contributed by atoms with Crippen LogP contribution in [-0.4, -0.2) is 39.8 Å². The maximum absolute atomic E-state index is 11.6. The van der Waals surface area contributed by atoms with Crippen LogP contribution in [0.3, 0.4) is 0 Å². The number of rotatable bonds is 4. The first-order chi connectivity index (χ1) is 7.36. The van der Waals surface area contributed by atoms with Crippen molar-refractivity contribution < 1.29 is 4.79 Å². The Balaban J connectivity index is 1.67. The van der Waals surface area contributed by atoms with Crippen LogP contribution < -0.4 is 5.32 Å².